The SMILES string of the molecule is CCN1C(=O)CCc2cc(NC(=O)Cc3ccc(OC)cc3Cl)ccc21. The summed E-state index contributed by atoms with van der Waals surface area (Å²) >= 11 is 6.20. The molecule has 2 aromatic rings. The van der Waals surface area contributed by atoms with E-state index in [0.717, 1.165) is 22.5 Å². The summed E-state index contributed by atoms with van der Waals surface area (Å²) < 4.78 is 5.12. The second kappa shape index (κ2) is 7.79. The molecule has 0 spiro atoms. The van der Waals surface area contributed by atoms with Gasteiger partial charge in [0.1, 0.15) is 5.75 Å². The third-order valence-corrected chi connectivity index (χ3v) is 4.84. The van der Waals surface area contributed by atoms with Crippen LogP contribution < -0.4 is 15.0 Å². The minimum atomic E-state index is -0.142. The molecule has 0 unspecified atom stereocenters. The normalized spacial score (nSPS) is 13.3. The van der Waals surface area contributed by atoms with E-state index >= 15 is 0 Å². The Bertz CT molecular complexity index is 851. The minimum absolute atomic E-state index is 0.142. The average Bonchev–Trinajstić information content (AvgIpc) is 2.63. The van der Waals surface area contributed by atoms with Crippen LogP contribution in [-0.4, -0.2) is 25.5 Å². The molecule has 0 bridgehead atoms. The minimum Gasteiger partial charge on any atom is -0.497 e. The number of carbonyl (C=O) groups is 2. The van der Waals surface area contributed by atoms with E-state index in [-0.39, 0.29) is 18.2 Å². The molecule has 26 heavy (non-hydrogen) atoms. The number of carbonyl (C=O) groups excluding carboxylic acids is 2. The van der Waals surface area contributed by atoms with Gasteiger partial charge in [0.05, 0.1) is 13.5 Å². The van der Waals surface area contributed by atoms with Crippen LogP contribution >= 0.6 is 11.6 Å². The van der Waals surface area contributed by atoms with Crippen LogP contribution in [-0.2, 0) is 22.4 Å². The fraction of sp³-hybridized carbons (Fsp3) is 0.300. The van der Waals surface area contributed by atoms with Crippen molar-refractivity contribution in [3.05, 3.63) is 52.5 Å². The maximum absolute atomic E-state index is 12.4. The van der Waals surface area contributed by atoms with E-state index in [0.29, 0.717) is 30.2 Å². The van der Waals surface area contributed by atoms with Crippen molar-refractivity contribution in [1.29, 1.82) is 0 Å². The number of fused-ring (bicyclic) bond motifs is 1. The van der Waals surface area contributed by atoms with Crippen LogP contribution in [0.4, 0.5) is 11.4 Å². The van der Waals surface area contributed by atoms with Crippen LogP contribution in [0.5, 0.6) is 5.75 Å². The van der Waals surface area contributed by atoms with Gasteiger partial charge in [-0.2, -0.15) is 0 Å². The molecule has 0 radical (unpaired) electrons. The van der Waals surface area contributed by atoms with E-state index in [1.807, 2.05) is 25.1 Å². The monoisotopic (exact) mass is 372 g/mol. The van der Waals surface area contributed by atoms with E-state index in [2.05, 4.69) is 5.32 Å². The zero-order valence-corrected chi connectivity index (χ0v) is 15.6. The number of hydrogen-bond acceptors (Lipinski definition) is 3. The van der Waals surface area contributed by atoms with Crippen LogP contribution in [0.2, 0.25) is 5.02 Å². The van der Waals surface area contributed by atoms with Gasteiger partial charge in [-0.15, -0.1) is 0 Å². The van der Waals surface area contributed by atoms with Crippen molar-refractivity contribution in [2.24, 2.45) is 0 Å². The lowest BCUT2D eigenvalue weighted by Gasteiger charge is -2.28. The summed E-state index contributed by atoms with van der Waals surface area (Å²) in [6.45, 7) is 2.61. The highest BCUT2D eigenvalue weighted by Gasteiger charge is 2.23. The fourth-order valence-corrected chi connectivity index (χ4v) is 3.40. The second-order valence-corrected chi connectivity index (χ2v) is 6.57. The smallest absolute Gasteiger partial charge is 0.228 e. The molecule has 6 heteroatoms. The first-order valence-electron chi connectivity index (χ1n) is 8.57. The van der Waals surface area contributed by atoms with Gasteiger partial charge in [-0.1, -0.05) is 17.7 Å². The number of ether oxygens (including phenoxy) is 1. The number of aryl methyl sites for hydroxylation is 1. The maximum Gasteiger partial charge on any atom is 0.228 e. The zero-order chi connectivity index (χ0) is 18.7. The molecule has 0 atom stereocenters. The van der Waals surface area contributed by atoms with Gasteiger partial charge in [0.25, 0.3) is 0 Å². The molecule has 1 aliphatic heterocycles. The van der Waals surface area contributed by atoms with Gasteiger partial charge in [0, 0.05) is 29.4 Å². The number of rotatable bonds is 5. The van der Waals surface area contributed by atoms with Crippen molar-refractivity contribution in [2.75, 3.05) is 23.9 Å². The number of benzene rings is 2. The Balaban J connectivity index is 1.71. The van der Waals surface area contributed by atoms with Crippen LogP contribution in [0.1, 0.15) is 24.5 Å². The molecule has 5 nitrogen and oxygen atoms in total. The Kier molecular flexibility index (Phi) is 5.47. The number of amides is 2. The third-order valence-electron chi connectivity index (χ3n) is 4.49. The number of nitrogens with zero attached hydrogens (tertiary/aromatic N) is 1. The van der Waals surface area contributed by atoms with Crippen LogP contribution in [0.3, 0.4) is 0 Å². The molecule has 0 saturated carbocycles. The maximum atomic E-state index is 12.4. The third kappa shape index (κ3) is 3.83. The van der Waals surface area contributed by atoms with Gasteiger partial charge >= 0.3 is 0 Å². The molecule has 3 rings (SSSR count). The molecule has 2 amide bonds. The molecule has 1 N–H and O–H groups in total. The number of anilines is 2. The predicted octanol–water partition coefficient (Wildman–Crippen LogP) is 3.83. The lowest BCUT2D eigenvalue weighted by Crippen LogP contribution is -2.34. The molecule has 2 aromatic carbocycles. The van der Waals surface area contributed by atoms with E-state index in [4.69, 9.17) is 16.3 Å². The molecule has 0 aliphatic carbocycles. The van der Waals surface area contributed by atoms with Crippen molar-refractivity contribution < 1.29 is 14.3 Å². The van der Waals surface area contributed by atoms with Crippen molar-refractivity contribution in [3.8, 4) is 5.75 Å². The quantitative estimate of drug-likeness (QED) is 0.867. The highest BCUT2D eigenvalue weighted by atomic mass is 35.5. The summed E-state index contributed by atoms with van der Waals surface area (Å²) in [5, 5.41) is 3.41. The molecule has 136 valence electrons. The Labute approximate surface area is 157 Å². The second-order valence-electron chi connectivity index (χ2n) is 6.16. The summed E-state index contributed by atoms with van der Waals surface area (Å²) in [6, 6.07) is 10.9. The fourth-order valence-electron chi connectivity index (χ4n) is 3.16. The van der Waals surface area contributed by atoms with Crippen molar-refractivity contribution in [3.63, 3.8) is 0 Å². The standard InChI is InChI=1S/C20H21ClN2O3/c1-3-23-18-8-6-15(10-14(18)5-9-20(23)25)22-19(24)11-13-4-7-16(26-2)12-17(13)21/h4,6-8,10,12H,3,5,9,11H2,1-2H3,(H,22,24). The summed E-state index contributed by atoms with van der Waals surface area (Å²) in [6.07, 6.45) is 1.37. The highest BCUT2D eigenvalue weighted by molar-refractivity contribution is 6.31. The Morgan fingerprint density at radius 3 is 2.73 bits per heavy atom. The molecular weight excluding hydrogens is 352 g/mol. The summed E-state index contributed by atoms with van der Waals surface area (Å²) in [5.74, 6) is 0.658. The van der Waals surface area contributed by atoms with Crippen LogP contribution in [0, 0.1) is 0 Å². The van der Waals surface area contributed by atoms with Gasteiger partial charge in [0.15, 0.2) is 0 Å². The van der Waals surface area contributed by atoms with Crippen molar-refractivity contribution >= 4 is 34.8 Å². The Morgan fingerprint density at radius 1 is 1.23 bits per heavy atom. The van der Waals surface area contributed by atoms with Gasteiger partial charge in [-0.05, 0) is 54.8 Å². The van der Waals surface area contributed by atoms with E-state index in [1.165, 1.54) is 0 Å². The number of hydrogen-bond donors (Lipinski definition) is 1. The molecule has 1 heterocycles. The Hall–Kier alpha value is -2.53. The summed E-state index contributed by atoms with van der Waals surface area (Å²) in [5.41, 5.74) is 3.47. The topological polar surface area (TPSA) is 58.6 Å². The first-order valence-corrected chi connectivity index (χ1v) is 8.95. The van der Waals surface area contributed by atoms with Gasteiger partial charge in [0.2, 0.25) is 11.8 Å². The van der Waals surface area contributed by atoms with Crippen molar-refractivity contribution in [2.45, 2.75) is 26.2 Å². The van der Waals surface area contributed by atoms with Crippen LogP contribution in [0.15, 0.2) is 36.4 Å². The van der Waals surface area contributed by atoms with Gasteiger partial charge in [-0.3, -0.25) is 9.59 Å². The van der Waals surface area contributed by atoms with E-state index in [1.54, 1.807) is 30.2 Å². The summed E-state index contributed by atoms with van der Waals surface area (Å²) in [4.78, 5) is 26.1. The van der Waals surface area contributed by atoms with Crippen LogP contribution in [0.25, 0.3) is 0 Å². The predicted molar refractivity (Wildman–Crippen MR) is 103 cm³/mol. The lowest BCUT2D eigenvalue weighted by atomic mass is 10.0. The van der Waals surface area contributed by atoms with Gasteiger partial charge in [-0.25, -0.2) is 0 Å². The number of halogens is 1. The zero-order valence-electron chi connectivity index (χ0n) is 14.8. The molecule has 1 aliphatic rings. The molecule has 0 saturated heterocycles. The lowest BCUT2D eigenvalue weighted by molar-refractivity contribution is -0.119. The number of nitrogens with one attached hydrogen (secondary N) is 1. The Morgan fingerprint density at radius 2 is 2.04 bits per heavy atom. The van der Waals surface area contributed by atoms with Gasteiger partial charge < -0.3 is 15.0 Å². The molecule has 0 aromatic heterocycles. The van der Waals surface area contributed by atoms with E-state index < -0.39 is 0 Å². The highest BCUT2D eigenvalue weighted by Crippen LogP contribution is 2.30. The van der Waals surface area contributed by atoms with E-state index in [9.17, 15) is 9.59 Å². The molecule has 0 fully saturated rings. The first-order chi connectivity index (χ1) is 12.5. The molecular formula is C20H21ClN2O3. The largest absolute Gasteiger partial charge is 0.497 e. The van der Waals surface area contributed by atoms with Crippen molar-refractivity contribution in [1.82, 2.24) is 0 Å². The summed E-state index contributed by atoms with van der Waals surface area (Å²) in [7, 11) is 1.57. The number of methoxy groups -OCH3 is 1. The first kappa shape index (κ1) is 18.3. The average molecular weight is 373 g/mol.